The van der Waals surface area contributed by atoms with E-state index in [1.165, 1.54) is 12.8 Å². The van der Waals surface area contributed by atoms with E-state index in [0.29, 0.717) is 6.04 Å². The number of pyridine rings is 1. The Balaban J connectivity index is 1.99. The predicted molar refractivity (Wildman–Crippen MR) is 69.2 cm³/mol. The molecule has 3 nitrogen and oxygen atoms in total. The van der Waals surface area contributed by atoms with Crippen molar-refractivity contribution in [3.8, 4) is 0 Å². The van der Waals surface area contributed by atoms with Crippen LogP contribution in [0, 0.1) is 0 Å². The van der Waals surface area contributed by atoms with E-state index in [1.54, 1.807) is 0 Å². The molecule has 1 unspecified atom stereocenters. The highest BCUT2D eigenvalue weighted by molar-refractivity contribution is 5.81. The summed E-state index contributed by atoms with van der Waals surface area (Å²) in [7, 11) is 0. The van der Waals surface area contributed by atoms with Crippen LogP contribution in [-0.4, -0.2) is 17.2 Å². The Morgan fingerprint density at radius 2 is 2.18 bits per heavy atom. The Morgan fingerprint density at radius 3 is 3.00 bits per heavy atom. The Bertz CT molecular complexity index is 582. The Hall–Kier alpha value is -1.61. The second-order valence-electron chi connectivity index (χ2n) is 4.65. The van der Waals surface area contributed by atoms with Gasteiger partial charge >= 0.3 is 0 Å². The van der Waals surface area contributed by atoms with E-state index in [4.69, 9.17) is 0 Å². The summed E-state index contributed by atoms with van der Waals surface area (Å²) in [5.41, 5.74) is 0.122. The van der Waals surface area contributed by atoms with Crippen LogP contribution in [0.1, 0.15) is 12.8 Å². The summed E-state index contributed by atoms with van der Waals surface area (Å²) in [6.07, 6.45) is 4.29. The van der Waals surface area contributed by atoms with Gasteiger partial charge in [0.1, 0.15) is 0 Å². The average Bonchev–Trinajstić information content (AvgIpc) is 2.86. The van der Waals surface area contributed by atoms with Gasteiger partial charge in [-0.15, -0.1) is 0 Å². The molecule has 17 heavy (non-hydrogen) atoms. The molecule has 3 heteroatoms. The van der Waals surface area contributed by atoms with Crippen molar-refractivity contribution in [2.24, 2.45) is 0 Å². The molecule has 1 saturated heterocycles. The highest BCUT2D eigenvalue weighted by atomic mass is 16.1. The summed E-state index contributed by atoms with van der Waals surface area (Å²) in [5, 5.41) is 5.26. The highest BCUT2D eigenvalue weighted by Gasteiger charge is 2.15. The van der Waals surface area contributed by atoms with E-state index in [0.717, 1.165) is 23.9 Å². The van der Waals surface area contributed by atoms with E-state index in [1.807, 2.05) is 41.1 Å². The zero-order valence-electron chi connectivity index (χ0n) is 9.73. The number of hydrogen-bond donors (Lipinski definition) is 1. The smallest absolute Gasteiger partial charge is 0.258 e. The fourth-order valence-electron chi connectivity index (χ4n) is 2.52. The van der Waals surface area contributed by atoms with Crippen LogP contribution in [0.25, 0.3) is 10.8 Å². The van der Waals surface area contributed by atoms with Crippen LogP contribution in [0.4, 0.5) is 0 Å². The standard InChI is InChI=1S/C14H16N2O/c17-14-13-6-2-1-4-11(13)7-9-16(14)10-12-5-3-8-15-12/h1-2,4,6-7,9,12,15H,3,5,8,10H2. The van der Waals surface area contributed by atoms with Crippen molar-refractivity contribution in [2.45, 2.75) is 25.4 Å². The monoisotopic (exact) mass is 228 g/mol. The van der Waals surface area contributed by atoms with Gasteiger partial charge in [-0.05, 0) is 36.9 Å². The van der Waals surface area contributed by atoms with Crippen LogP contribution in [0.3, 0.4) is 0 Å². The molecule has 3 rings (SSSR count). The molecule has 1 N–H and O–H groups in total. The lowest BCUT2D eigenvalue weighted by molar-refractivity contribution is 0.501. The van der Waals surface area contributed by atoms with Crippen molar-refractivity contribution in [1.29, 1.82) is 0 Å². The Morgan fingerprint density at radius 1 is 1.29 bits per heavy atom. The zero-order chi connectivity index (χ0) is 11.7. The first-order valence-corrected chi connectivity index (χ1v) is 6.16. The number of hydrogen-bond acceptors (Lipinski definition) is 2. The van der Waals surface area contributed by atoms with E-state index >= 15 is 0 Å². The molecule has 2 aromatic rings. The lowest BCUT2D eigenvalue weighted by atomic mass is 10.1. The molecule has 1 aliphatic heterocycles. The maximum Gasteiger partial charge on any atom is 0.258 e. The number of nitrogens with one attached hydrogen (secondary N) is 1. The van der Waals surface area contributed by atoms with Gasteiger partial charge in [0.25, 0.3) is 5.56 Å². The third-order valence-corrected chi connectivity index (χ3v) is 3.47. The van der Waals surface area contributed by atoms with Gasteiger partial charge in [-0.2, -0.15) is 0 Å². The van der Waals surface area contributed by atoms with E-state index in [2.05, 4.69) is 5.32 Å². The maximum absolute atomic E-state index is 12.3. The van der Waals surface area contributed by atoms with Gasteiger partial charge in [-0.3, -0.25) is 4.79 Å². The molecule has 1 aromatic carbocycles. The van der Waals surface area contributed by atoms with Gasteiger partial charge in [0, 0.05) is 24.2 Å². The summed E-state index contributed by atoms with van der Waals surface area (Å²) in [5.74, 6) is 0. The maximum atomic E-state index is 12.3. The van der Waals surface area contributed by atoms with Gasteiger partial charge in [0.15, 0.2) is 0 Å². The van der Waals surface area contributed by atoms with Crippen LogP contribution in [0.5, 0.6) is 0 Å². The molecule has 2 heterocycles. The number of benzene rings is 1. The highest BCUT2D eigenvalue weighted by Crippen LogP contribution is 2.10. The quantitative estimate of drug-likeness (QED) is 0.849. The van der Waals surface area contributed by atoms with E-state index in [-0.39, 0.29) is 5.56 Å². The van der Waals surface area contributed by atoms with Crippen molar-refractivity contribution in [1.82, 2.24) is 9.88 Å². The molecule has 88 valence electrons. The van der Waals surface area contributed by atoms with Gasteiger partial charge in [-0.1, -0.05) is 18.2 Å². The Labute approximate surface area is 100 Å². The van der Waals surface area contributed by atoms with Crippen molar-refractivity contribution < 1.29 is 0 Å². The zero-order valence-corrected chi connectivity index (χ0v) is 9.73. The molecular formula is C14H16N2O. The average molecular weight is 228 g/mol. The SMILES string of the molecule is O=c1c2ccccc2ccn1CC1CCCN1. The second-order valence-corrected chi connectivity index (χ2v) is 4.65. The molecule has 0 saturated carbocycles. The van der Waals surface area contributed by atoms with Crippen LogP contribution < -0.4 is 10.9 Å². The molecule has 1 atom stereocenters. The van der Waals surface area contributed by atoms with Gasteiger partial charge < -0.3 is 9.88 Å². The normalized spacial score (nSPS) is 19.9. The summed E-state index contributed by atoms with van der Waals surface area (Å²) in [6.45, 7) is 1.86. The van der Waals surface area contributed by atoms with Crippen molar-refractivity contribution in [3.05, 3.63) is 46.9 Å². The lowest BCUT2D eigenvalue weighted by Crippen LogP contribution is -2.31. The molecular weight excluding hydrogens is 212 g/mol. The minimum absolute atomic E-state index is 0.122. The third kappa shape index (κ3) is 1.98. The molecule has 0 amide bonds. The molecule has 0 aliphatic carbocycles. The Kier molecular flexibility index (Phi) is 2.69. The van der Waals surface area contributed by atoms with E-state index in [9.17, 15) is 4.79 Å². The summed E-state index contributed by atoms with van der Waals surface area (Å²) in [4.78, 5) is 12.3. The summed E-state index contributed by atoms with van der Waals surface area (Å²) >= 11 is 0. The largest absolute Gasteiger partial charge is 0.313 e. The number of aromatic nitrogens is 1. The van der Waals surface area contributed by atoms with Crippen LogP contribution in [0.2, 0.25) is 0 Å². The molecule has 1 aliphatic rings. The molecule has 1 aromatic heterocycles. The van der Waals surface area contributed by atoms with E-state index < -0.39 is 0 Å². The van der Waals surface area contributed by atoms with Crippen LogP contribution >= 0.6 is 0 Å². The number of fused-ring (bicyclic) bond motifs is 1. The lowest BCUT2D eigenvalue weighted by Gasteiger charge is -2.12. The fraction of sp³-hybridized carbons (Fsp3) is 0.357. The van der Waals surface area contributed by atoms with Crippen molar-refractivity contribution in [3.63, 3.8) is 0 Å². The first-order chi connectivity index (χ1) is 8.34. The van der Waals surface area contributed by atoms with Crippen molar-refractivity contribution in [2.75, 3.05) is 6.54 Å². The number of rotatable bonds is 2. The minimum Gasteiger partial charge on any atom is -0.313 e. The number of nitrogens with zero attached hydrogens (tertiary/aromatic N) is 1. The van der Waals surface area contributed by atoms with Gasteiger partial charge in [-0.25, -0.2) is 0 Å². The topological polar surface area (TPSA) is 34.0 Å². The third-order valence-electron chi connectivity index (χ3n) is 3.47. The molecule has 0 radical (unpaired) electrons. The first kappa shape index (κ1) is 10.5. The van der Waals surface area contributed by atoms with Crippen molar-refractivity contribution >= 4 is 10.8 Å². The van der Waals surface area contributed by atoms with Crippen LogP contribution in [0.15, 0.2) is 41.3 Å². The second kappa shape index (κ2) is 4.34. The summed E-state index contributed by atoms with van der Waals surface area (Å²) in [6, 6.07) is 10.2. The van der Waals surface area contributed by atoms with Gasteiger partial charge in [0.2, 0.25) is 0 Å². The predicted octanol–water partition coefficient (Wildman–Crippen LogP) is 1.75. The molecule has 0 bridgehead atoms. The van der Waals surface area contributed by atoms with Crippen LogP contribution in [-0.2, 0) is 6.54 Å². The first-order valence-electron chi connectivity index (χ1n) is 6.16. The fourth-order valence-corrected chi connectivity index (χ4v) is 2.52. The summed E-state index contributed by atoms with van der Waals surface area (Å²) < 4.78 is 1.82. The molecule has 1 fully saturated rings. The van der Waals surface area contributed by atoms with Gasteiger partial charge in [0.05, 0.1) is 0 Å². The molecule has 0 spiro atoms. The minimum atomic E-state index is 0.122.